The van der Waals surface area contributed by atoms with Crippen LogP contribution >= 0.6 is 0 Å². The first-order valence-electron chi connectivity index (χ1n) is 6.77. The molecule has 1 N–H and O–H groups in total. The summed E-state index contributed by atoms with van der Waals surface area (Å²) in [5, 5.41) is 2.51. The maximum Gasteiger partial charge on any atom is 0.408 e. The number of carbonyl (C=O) groups excluding carboxylic acids is 2. The zero-order valence-corrected chi connectivity index (χ0v) is 12.2. The van der Waals surface area contributed by atoms with E-state index in [1.54, 1.807) is 0 Å². The van der Waals surface area contributed by atoms with Crippen LogP contribution in [-0.2, 0) is 16.1 Å². The van der Waals surface area contributed by atoms with Crippen molar-refractivity contribution in [3.05, 3.63) is 41.4 Å². The SMILES string of the molecule is CCC(C)[C@H](NC(=O)OCc1ccccc1)C(=O)C=[N+]=[N-]. The smallest absolute Gasteiger partial charge is 0.408 e. The van der Waals surface area contributed by atoms with E-state index in [1.807, 2.05) is 44.2 Å². The first-order chi connectivity index (χ1) is 10.1. The van der Waals surface area contributed by atoms with Crippen molar-refractivity contribution in [3.8, 4) is 0 Å². The molecule has 1 aromatic carbocycles. The molecule has 1 amide bonds. The second kappa shape index (κ2) is 8.66. The molecular weight excluding hydrogens is 270 g/mol. The van der Waals surface area contributed by atoms with Crippen molar-refractivity contribution in [2.45, 2.75) is 32.9 Å². The molecule has 0 aromatic heterocycles. The topological polar surface area (TPSA) is 91.8 Å². The third-order valence-corrected chi connectivity index (χ3v) is 3.19. The van der Waals surface area contributed by atoms with Gasteiger partial charge in [0.15, 0.2) is 0 Å². The van der Waals surface area contributed by atoms with Gasteiger partial charge in [-0.25, -0.2) is 4.79 Å². The maximum atomic E-state index is 11.8. The number of carbonyl (C=O) groups is 2. The zero-order chi connectivity index (χ0) is 15.7. The summed E-state index contributed by atoms with van der Waals surface area (Å²) in [6.07, 6.45) is 0.798. The Morgan fingerprint density at radius 1 is 1.38 bits per heavy atom. The summed E-state index contributed by atoms with van der Waals surface area (Å²) in [7, 11) is 0. The van der Waals surface area contributed by atoms with Crippen molar-refractivity contribution < 1.29 is 19.1 Å². The molecule has 1 unspecified atom stereocenters. The van der Waals surface area contributed by atoms with Crippen LogP contribution in [0.15, 0.2) is 30.3 Å². The molecule has 0 saturated carbocycles. The van der Waals surface area contributed by atoms with E-state index in [1.165, 1.54) is 0 Å². The molecule has 0 spiro atoms. The van der Waals surface area contributed by atoms with Gasteiger partial charge in [0.1, 0.15) is 12.6 Å². The Bertz CT molecular complexity index is 524. The zero-order valence-electron chi connectivity index (χ0n) is 12.2. The lowest BCUT2D eigenvalue weighted by Crippen LogP contribution is -2.45. The van der Waals surface area contributed by atoms with Gasteiger partial charge in [-0.15, -0.1) is 0 Å². The minimum atomic E-state index is -0.769. The molecular formula is C15H19N3O3. The molecule has 0 aliphatic heterocycles. The van der Waals surface area contributed by atoms with Gasteiger partial charge >= 0.3 is 12.3 Å². The third kappa shape index (κ3) is 5.58. The highest BCUT2D eigenvalue weighted by Crippen LogP contribution is 2.09. The number of hydrogen-bond acceptors (Lipinski definition) is 3. The summed E-state index contributed by atoms with van der Waals surface area (Å²) in [6, 6.07) is 8.47. The molecule has 6 heteroatoms. The predicted octanol–water partition coefficient (Wildman–Crippen LogP) is 2.20. The molecule has 0 bridgehead atoms. The lowest BCUT2D eigenvalue weighted by molar-refractivity contribution is -0.118. The fourth-order valence-electron chi connectivity index (χ4n) is 1.76. The van der Waals surface area contributed by atoms with Crippen molar-refractivity contribution in [2.24, 2.45) is 5.92 Å². The van der Waals surface area contributed by atoms with Gasteiger partial charge in [0.2, 0.25) is 0 Å². The number of rotatable bonds is 7. The number of benzene rings is 1. The van der Waals surface area contributed by atoms with Gasteiger partial charge in [0, 0.05) is 0 Å². The van der Waals surface area contributed by atoms with Gasteiger partial charge in [0.25, 0.3) is 5.78 Å². The molecule has 1 rings (SSSR count). The molecule has 0 aliphatic carbocycles. The minimum Gasteiger partial charge on any atom is -0.445 e. The van der Waals surface area contributed by atoms with Crippen LogP contribution in [0.25, 0.3) is 5.53 Å². The van der Waals surface area contributed by atoms with E-state index >= 15 is 0 Å². The van der Waals surface area contributed by atoms with Crippen LogP contribution in [0.4, 0.5) is 4.79 Å². The standard InChI is InChI=1S/C15H19N3O3/c1-3-11(2)14(13(19)9-17-16)18-15(20)21-10-12-7-5-4-6-8-12/h4-9,11,14H,3,10H2,1-2H3,(H,18,20)/t11?,14-/m0/s1. The normalized spacial score (nSPS) is 12.7. The Balaban J connectivity index is 2.59. The summed E-state index contributed by atoms with van der Waals surface area (Å²) in [5.41, 5.74) is 9.29. The number of nitrogens with one attached hydrogen (secondary N) is 1. The average molecular weight is 289 g/mol. The monoisotopic (exact) mass is 289 g/mol. The molecule has 112 valence electrons. The van der Waals surface area contributed by atoms with Crippen molar-refractivity contribution in [1.82, 2.24) is 5.32 Å². The predicted molar refractivity (Wildman–Crippen MR) is 77.7 cm³/mol. The van der Waals surface area contributed by atoms with Gasteiger partial charge in [-0.2, -0.15) is 4.79 Å². The van der Waals surface area contributed by atoms with Crippen LogP contribution in [0.3, 0.4) is 0 Å². The molecule has 21 heavy (non-hydrogen) atoms. The molecule has 0 radical (unpaired) electrons. The Hall–Kier alpha value is -2.46. The Kier molecular flexibility index (Phi) is 6.84. The van der Waals surface area contributed by atoms with E-state index in [9.17, 15) is 9.59 Å². The van der Waals surface area contributed by atoms with Gasteiger partial charge in [-0.1, -0.05) is 50.6 Å². The number of ether oxygens (including phenoxy) is 1. The first kappa shape index (κ1) is 16.6. The second-order valence-corrected chi connectivity index (χ2v) is 4.72. The highest BCUT2D eigenvalue weighted by molar-refractivity contribution is 6.28. The van der Waals surface area contributed by atoms with E-state index in [-0.39, 0.29) is 12.5 Å². The highest BCUT2D eigenvalue weighted by Gasteiger charge is 2.27. The van der Waals surface area contributed by atoms with Gasteiger partial charge in [-0.3, -0.25) is 4.79 Å². The van der Waals surface area contributed by atoms with Gasteiger partial charge in [-0.05, 0) is 11.5 Å². The third-order valence-electron chi connectivity index (χ3n) is 3.19. The average Bonchev–Trinajstić information content (AvgIpc) is 2.51. The van der Waals surface area contributed by atoms with E-state index in [2.05, 4.69) is 10.1 Å². The number of alkyl carbamates (subject to hydrolysis) is 1. The number of amides is 1. The van der Waals surface area contributed by atoms with E-state index < -0.39 is 17.9 Å². The summed E-state index contributed by atoms with van der Waals surface area (Å²) >= 11 is 0. The van der Waals surface area contributed by atoms with Crippen molar-refractivity contribution in [2.75, 3.05) is 0 Å². The molecule has 0 saturated heterocycles. The minimum absolute atomic E-state index is 0.0974. The molecule has 2 atom stereocenters. The number of ketones is 1. The molecule has 0 aliphatic rings. The number of nitrogens with zero attached hydrogens (tertiary/aromatic N) is 2. The lowest BCUT2D eigenvalue weighted by atomic mass is 9.96. The summed E-state index contributed by atoms with van der Waals surface area (Å²) in [4.78, 5) is 26.2. The van der Waals surface area contributed by atoms with Crippen LogP contribution in [0, 0.1) is 5.92 Å². The van der Waals surface area contributed by atoms with Crippen LogP contribution in [0.5, 0.6) is 0 Å². The van der Waals surface area contributed by atoms with Crippen LogP contribution in [0.1, 0.15) is 25.8 Å². The second-order valence-electron chi connectivity index (χ2n) is 4.72. The van der Waals surface area contributed by atoms with E-state index in [0.29, 0.717) is 6.42 Å². The lowest BCUT2D eigenvalue weighted by Gasteiger charge is -2.20. The van der Waals surface area contributed by atoms with Gasteiger partial charge in [0.05, 0.1) is 0 Å². The Morgan fingerprint density at radius 2 is 2.05 bits per heavy atom. The van der Waals surface area contributed by atoms with Gasteiger partial charge < -0.3 is 15.6 Å². The van der Waals surface area contributed by atoms with Crippen LogP contribution in [-0.4, -0.2) is 28.9 Å². The summed E-state index contributed by atoms with van der Waals surface area (Å²) in [6.45, 7) is 3.85. The molecule has 6 nitrogen and oxygen atoms in total. The van der Waals surface area contributed by atoms with Crippen molar-refractivity contribution >= 4 is 18.1 Å². The first-order valence-corrected chi connectivity index (χ1v) is 6.77. The quantitative estimate of drug-likeness (QED) is 0.474. The van der Waals surface area contributed by atoms with Crippen LogP contribution in [0.2, 0.25) is 0 Å². The maximum absolute atomic E-state index is 11.8. The largest absolute Gasteiger partial charge is 0.445 e. The Morgan fingerprint density at radius 3 is 2.62 bits per heavy atom. The Labute approximate surface area is 123 Å². The van der Waals surface area contributed by atoms with Crippen molar-refractivity contribution in [3.63, 3.8) is 0 Å². The summed E-state index contributed by atoms with van der Waals surface area (Å²) in [5.74, 6) is -0.566. The van der Waals surface area contributed by atoms with Crippen molar-refractivity contribution in [1.29, 1.82) is 0 Å². The number of hydrogen-bond donors (Lipinski definition) is 1. The van der Waals surface area contributed by atoms with E-state index in [4.69, 9.17) is 10.3 Å². The number of Topliss-reactive ketones (excluding diaryl/α,β-unsaturated/α-hetero) is 1. The molecule has 1 aromatic rings. The fraction of sp³-hybridized carbons (Fsp3) is 0.400. The fourth-order valence-corrected chi connectivity index (χ4v) is 1.76. The molecule has 0 fully saturated rings. The summed E-state index contributed by atoms with van der Waals surface area (Å²) < 4.78 is 5.07. The van der Waals surface area contributed by atoms with E-state index in [0.717, 1.165) is 11.8 Å². The molecule has 0 heterocycles. The van der Waals surface area contributed by atoms with Crippen LogP contribution < -0.4 is 5.32 Å². The highest BCUT2D eigenvalue weighted by atomic mass is 16.5.